The lowest BCUT2D eigenvalue weighted by molar-refractivity contribution is 0.0766. The molecule has 0 saturated heterocycles. The number of hydrogen-bond donors (Lipinski definition) is 1. The minimum absolute atomic E-state index is 0.0672. The zero-order chi connectivity index (χ0) is 16.1. The van der Waals surface area contributed by atoms with E-state index in [-0.39, 0.29) is 5.91 Å². The van der Waals surface area contributed by atoms with Crippen LogP contribution in [0.2, 0.25) is 0 Å². The first-order valence-electron chi connectivity index (χ1n) is 7.52. The second kappa shape index (κ2) is 7.02. The van der Waals surface area contributed by atoms with Crippen molar-refractivity contribution in [3.05, 3.63) is 47.4 Å². The molecule has 1 aromatic heterocycles. The minimum atomic E-state index is -0.0672. The molecule has 0 aliphatic rings. The number of aromatic nitrogens is 2. The first-order chi connectivity index (χ1) is 10.5. The van der Waals surface area contributed by atoms with Crippen molar-refractivity contribution in [2.45, 2.75) is 27.7 Å². The Labute approximate surface area is 131 Å². The molecule has 0 spiro atoms. The number of rotatable bonds is 5. The van der Waals surface area contributed by atoms with Crippen molar-refractivity contribution in [3.8, 4) is 0 Å². The molecule has 22 heavy (non-hydrogen) atoms. The van der Waals surface area contributed by atoms with Crippen molar-refractivity contribution in [1.82, 2.24) is 14.9 Å². The number of anilines is 2. The minimum Gasteiger partial charge on any atom is -0.340 e. The average Bonchev–Trinajstić information content (AvgIpc) is 2.50. The maximum atomic E-state index is 12.4. The fourth-order valence-electron chi connectivity index (χ4n) is 2.20. The van der Waals surface area contributed by atoms with E-state index in [1.807, 2.05) is 45.0 Å². The van der Waals surface area contributed by atoms with Crippen molar-refractivity contribution < 1.29 is 4.79 Å². The average molecular weight is 298 g/mol. The molecule has 1 heterocycles. The summed E-state index contributed by atoms with van der Waals surface area (Å²) in [6.45, 7) is 9.08. The van der Waals surface area contributed by atoms with Crippen LogP contribution in [0.15, 0.2) is 30.3 Å². The third kappa shape index (κ3) is 3.81. The van der Waals surface area contributed by atoms with Gasteiger partial charge in [-0.05, 0) is 39.8 Å². The molecule has 0 aliphatic heterocycles. The van der Waals surface area contributed by atoms with E-state index < -0.39 is 0 Å². The van der Waals surface area contributed by atoms with E-state index in [2.05, 4.69) is 15.3 Å². The van der Waals surface area contributed by atoms with E-state index in [0.717, 1.165) is 5.69 Å². The van der Waals surface area contributed by atoms with Gasteiger partial charge in [0.2, 0.25) is 0 Å². The first kappa shape index (κ1) is 15.9. The molecule has 1 N–H and O–H groups in total. The van der Waals surface area contributed by atoms with E-state index in [4.69, 9.17) is 0 Å². The summed E-state index contributed by atoms with van der Waals surface area (Å²) in [5.74, 6) is 1.14. The Morgan fingerprint density at radius 3 is 2.32 bits per heavy atom. The highest BCUT2D eigenvalue weighted by Crippen LogP contribution is 2.16. The number of aryl methyl sites for hydroxylation is 2. The smallest absolute Gasteiger partial charge is 0.272 e. The Bertz CT molecular complexity index is 648. The number of nitrogens with zero attached hydrogens (tertiary/aromatic N) is 3. The summed E-state index contributed by atoms with van der Waals surface area (Å²) < 4.78 is 0. The fourth-order valence-corrected chi connectivity index (χ4v) is 2.20. The van der Waals surface area contributed by atoms with Gasteiger partial charge >= 0.3 is 0 Å². The number of carbonyl (C=O) groups excluding carboxylic acids is 1. The highest BCUT2D eigenvalue weighted by molar-refractivity contribution is 5.93. The normalized spacial score (nSPS) is 10.4. The Hall–Kier alpha value is -2.43. The molecule has 1 amide bonds. The van der Waals surface area contributed by atoms with Crippen molar-refractivity contribution in [2.75, 3.05) is 18.4 Å². The lowest BCUT2D eigenvalue weighted by Crippen LogP contribution is -2.31. The molecule has 0 bridgehead atoms. The molecule has 0 radical (unpaired) electrons. The van der Waals surface area contributed by atoms with E-state index >= 15 is 0 Å². The largest absolute Gasteiger partial charge is 0.340 e. The van der Waals surface area contributed by atoms with Gasteiger partial charge in [0.25, 0.3) is 5.91 Å². The summed E-state index contributed by atoms with van der Waals surface area (Å²) in [5.41, 5.74) is 2.55. The second-order valence-corrected chi connectivity index (χ2v) is 5.15. The van der Waals surface area contributed by atoms with E-state index in [9.17, 15) is 4.79 Å². The SMILES string of the molecule is CCN(CC)C(=O)c1cc(Nc2ccc(C)cc2)nc(C)n1. The van der Waals surface area contributed by atoms with Crippen molar-refractivity contribution in [1.29, 1.82) is 0 Å². The summed E-state index contributed by atoms with van der Waals surface area (Å²) in [6.07, 6.45) is 0. The number of amides is 1. The topological polar surface area (TPSA) is 58.1 Å². The predicted octanol–water partition coefficient (Wildman–Crippen LogP) is 3.32. The fraction of sp³-hybridized carbons (Fsp3) is 0.353. The molecule has 2 aromatic rings. The first-order valence-corrected chi connectivity index (χ1v) is 7.52. The van der Waals surface area contributed by atoms with Crippen LogP contribution in [0.4, 0.5) is 11.5 Å². The van der Waals surface area contributed by atoms with Crippen LogP contribution in [0.25, 0.3) is 0 Å². The molecule has 0 aliphatic carbocycles. The predicted molar refractivity (Wildman–Crippen MR) is 88.5 cm³/mol. The van der Waals surface area contributed by atoms with Crippen LogP contribution in [0.3, 0.4) is 0 Å². The molecular formula is C17H22N4O. The van der Waals surface area contributed by atoms with Gasteiger partial charge in [-0.1, -0.05) is 17.7 Å². The highest BCUT2D eigenvalue weighted by atomic mass is 16.2. The molecule has 1 aromatic carbocycles. The van der Waals surface area contributed by atoms with Crippen molar-refractivity contribution >= 4 is 17.4 Å². The van der Waals surface area contributed by atoms with E-state index in [1.54, 1.807) is 17.9 Å². The maximum absolute atomic E-state index is 12.4. The molecule has 0 fully saturated rings. The van der Waals surface area contributed by atoms with Gasteiger partial charge in [0.1, 0.15) is 17.3 Å². The Morgan fingerprint density at radius 1 is 1.09 bits per heavy atom. The van der Waals surface area contributed by atoms with Gasteiger partial charge in [-0.25, -0.2) is 9.97 Å². The van der Waals surface area contributed by atoms with Crippen LogP contribution in [0.1, 0.15) is 35.7 Å². The van der Waals surface area contributed by atoms with Crippen LogP contribution in [0, 0.1) is 13.8 Å². The lowest BCUT2D eigenvalue weighted by Gasteiger charge is -2.18. The summed E-state index contributed by atoms with van der Waals surface area (Å²) in [4.78, 5) is 22.8. The van der Waals surface area contributed by atoms with E-state index in [0.29, 0.717) is 30.4 Å². The Kier molecular flexibility index (Phi) is 5.09. The Morgan fingerprint density at radius 2 is 1.73 bits per heavy atom. The zero-order valence-corrected chi connectivity index (χ0v) is 13.6. The summed E-state index contributed by atoms with van der Waals surface area (Å²) in [5, 5.41) is 3.22. The van der Waals surface area contributed by atoms with Crippen LogP contribution >= 0.6 is 0 Å². The van der Waals surface area contributed by atoms with Crippen molar-refractivity contribution in [2.24, 2.45) is 0 Å². The lowest BCUT2D eigenvalue weighted by atomic mass is 10.2. The van der Waals surface area contributed by atoms with Gasteiger partial charge in [0, 0.05) is 24.8 Å². The summed E-state index contributed by atoms with van der Waals surface area (Å²) in [6, 6.07) is 9.72. The summed E-state index contributed by atoms with van der Waals surface area (Å²) in [7, 11) is 0. The molecule has 116 valence electrons. The third-order valence-electron chi connectivity index (χ3n) is 3.43. The third-order valence-corrected chi connectivity index (χ3v) is 3.43. The Balaban J connectivity index is 2.26. The van der Waals surface area contributed by atoms with Gasteiger partial charge in [-0.15, -0.1) is 0 Å². The second-order valence-electron chi connectivity index (χ2n) is 5.15. The summed E-state index contributed by atoms with van der Waals surface area (Å²) >= 11 is 0. The molecular weight excluding hydrogens is 276 g/mol. The van der Waals surface area contributed by atoms with Gasteiger partial charge in [-0.2, -0.15) is 0 Å². The molecule has 5 nitrogen and oxygen atoms in total. The van der Waals surface area contributed by atoms with Crippen LogP contribution in [0.5, 0.6) is 0 Å². The molecule has 2 rings (SSSR count). The zero-order valence-electron chi connectivity index (χ0n) is 13.6. The van der Waals surface area contributed by atoms with Crippen LogP contribution in [-0.2, 0) is 0 Å². The molecule has 0 saturated carbocycles. The number of carbonyl (C=O) groups is 1. The number of nitrogens with one attached hydrogen (secondary N) is 1. The van der Waals surface area contributed by atoms with Crippen molar-refractivity contribution in [3.63, 3.8) is 0 Å². The molecule has 0 atom stereocenters. The molecule has 5 heteroatoms. The number of benzene rings is 1. The van der Waals surface area contributed by atoms with Gasteiger partial charge < -0.3 is 10.2 Å². The van der Waals surface area contributed by atoms with Crippen LogP contribution < -0.4 is 5.32 Å². The van der Waals surface area contributed by atoms with Gasteiger partial charge in [-0.3, -0.25) is 4.79 Å². The van der Waals surface area contributed by atoms with E-state index in [1.165, 1.54) is 5.56 Å². The quantitative estimate of drug-likeness (QED) is 0.920. The molecule has 0 unspecified atom stereocenters. The monoisotopic (exact) mass is 298 g/mol. The van der Waals surface area contributed by atoms with Crippen LogP contribution in [-0.4, -0.2) is 33.9 Å². The highest BCUT2D eigenvalue weighted by Gasteiger charge is 2.15. The van der Waals surface area contributed by atoms with Gasteiger partial charge in [0.15, 0.2) is 0 Å². The number of hydrogen-bond acceptors (Lipinski definition) is 4. The maximum Gasteiger partial charge on any atom is 0.272 e. The van der Waals surface area contributed by atoms with Gasteiger partial charge in [0.05, 0.1) is 0 Å². The standard InChI is InChI=1S/C17H22N4O/c1-5-21(6-2)17(22)15-11-16(19-13(4)18-15)20-14-9-7-12(3)8-10-14/h7-11H,5-6H2,1-4H3,(H,18,19,20).